The van der Waals surface area contributed by atoms with Gasteiger partial charge >= 0.3 is 0 Å². The molecule has 1 heterocycles. The molecule has 0 amide bonds. The predicted molar refractivity (Wildman–Crippen MR) is 80.0 cm³/mol. The molecule has 1 aliphatic heterocycles. The third-order valence-electron chi connectivity index (χ3n) is 2.74. The van der Waals surface area contributed by atoms with Crippen LogP contribution >= 0.6 is 11.8 Å². The molecule has 0 saturated heterocycles. The lowest BCUT2D eigenvalue weighted by Crippen LogP contribution is -2.22. The van der Waals surface area contributed by atoms with E-state index in [1.54, 1.807) is 23.9 Å². The zero-order chi connectivity index (χ0) is 14.0. The largest absolute Gasteiger partial charge is 0.335 e. The van der Waals surface area contributed by atoms with Crippen LogP contribution in [0, 0.1) is 0 Å². The summed E-state index contributed by atoms with van der Waals surface area (Å²) in [5, 5.41) is 9.57. The monoisotopic (exact) mass is 299 g/mol. The molecule has 2 unspecified atom stereocenters. The molecule has 0 radical (unpaired) electrons. The summed E-state index contributed by atoms with van der Waals surface area (Å²) < 4.78 is 22.6. The highest BCUT2D eigenvalue weighted by atomic mass is 32.2. The zero-order valence-corrected chi connectivity index (χ0v) is 12.5. The minimum atomic E-state index is -3.67. The van der Waals surface area contributed by atoms with E-state index in [-0.39, 0.29) is 10.9 Å². The summed E-state index contributed by atoms with van der Waals surface area (Å²) in [7, 11) is -3.67. The first-order valence-corrected chi connectivity index (χ1v) is 8.41. The van der Waals surface area contributed by atoms with Gasteiger partial charge in [-0.1, -0.05) is 24.8 Å². The fourth-order valence-electron chi connectivity index (χ4n) is 1.94. The number of hydrogen-bond donors (Lipinski definition) is 2. The topological polar surface area (TPSA) is 84.5 Å². The number of benzene rings is 1. The lowest BCUT2D eigenvalue weighted by Gasteiger charge is -2.23. The Bertz CT molecular complexity index is 599. The molecule has 0 aromatic heterocycles. The van der Waals surface area contributed by atoms with Crippen LogP contribution in [0.4, 0.5) is 5.69 Å². The maximum atomic E-state index is 11.3. The van der Waals surface area contributed by atoms with Gasteiger partial charge < -0.3 is 5.32 Å². The average molecular weight is 299 g/mol. The van der Waals surface area contributed by atoms with Gasteiger partial charge in [0, 0.05) is 10.9 Å². The second-order valence-electron chi connectivity index (χ2n) is 4.65. The average Bonchev–Trinajstić information content (AvgIpc) is 2.26. The molecule has 2 rings (SSSR count). The number of hydrogen-bond acceptors (Lipinski definition) is 5. The van der Waals surface area contributed by atoms with E-state index in [4.69, 9.17) is 5.14 Å². The van der Waals surface area contributed by atoms with Crippen LogP contribution in [0.15, 0.2) is 34.2 Å². The number of nitrogens with two attached hydrogens (primary N) is 1. The zero-order valence-electron chi connectivity index (χ0n) is 10.8. The standard InChI is InChI=1S/C12H17N3O2S2/c1-8-6-9(2)18-12(14-8)15-10-4-3-5-11(7-10)19(13,16)17/h3-5,7-9H,6H2,1-2H3,(H,14,15)(H2,13,16,17). The van der Waals surface area contributed by atoms with Gasteiger partial charge in [0.2, 0.25) is 10.0 Å². The molecule has 5 nitrogen and oxygen atoms in total. The maximum Gasteiger partial charge on any atom is 0.238 e. The third kappa shape index (κ3) is 3.95. The Labute approximate surface area is 117 Å². The van der Waals surface area contributed by atoms with Crippen molar-refractivity contribution < 1.29 is 8.42 Å². The summed E-state index contributed by atoms with van der Waals surface area (Å²) in [6, 6.07) is 6.72. The number of nitrogens with zero attached hydrogens (tertiary/aromatic N) is 1. The van der Waals surface area contributed by atoms with Crippen LogP contribution in [-0.4, -0.2) is 24.9 Å². The van der Waals surface area contributed by atoms with Crippen molar-refractivity contribution in [3.8, 4) is 0 Å². The molecule has 1 aliphatic rings. The number of amidine groups is 1. The first-order chi connectivity index (χ1) is 8.84. The molecule has 19 heavy (non-hydrogen) atoms. The Balaban J connectivity index is 2.20. The smallest absolute Gasteiger partial charge is 0.238 e. The number of sulfonamides is 1. The van der Waals surface area contributed by atoms with Crippen molar-refractivity contribution in [3.05, 3.63) is 24.3 Å². The summed E-state index contributed by atoms with van der Waals surface area (Å²) in [6.45, 7) is 4.22. The van der Waals surface area contributed by atoms with Crippen molar-refractivity contribution in [2.24, 2.45) is 10.1 Å². The molecule has 7 heteroatoms. The van der Waals surface area contributed by atoms with Crippen molar-refractivity contribution in [2.75, 3.05) is 5.32 Å². The van der Waals surface area contributed by atoms with Crippen molar-refractivity contribution >= 4 is 32.6 Å². The normalized spacial score (nSPS) is 23.8. The lowest BCUT2D eigenvalue weighted by molar-refractivity contribution is 0.598. The lowest BCUT2D eigenvalue weighted by atomic mass is 10.2. The van der Waals surface area contributed by atoms with Gasteiger partial charge in [0.25, 0.3) is 0 Å². The van der Waals surface area contributed by atoms with E-state index in [9.17, 15) is 8.42 Å². The van der Waals surface area contributed by atoms with Crippen LogP contribution in [0.2, 0.25) is 0 Å². The minimum absolute atomic E-state index is 0.0972. The van der Waals surface area contributed by atoms with Crippen molar-refractivity contribution in [1.29, 1.82) is 0 Å². The van der Waals surface area contributed by atoms with Crippen molar-refractivity contribution in [3.63, 3.8) is 0 Å². The van der Waals surface area contributed by atoms with Crippen molar-refractivity contribution in [2.45, 2.75) is 36.5 Å². The van der Waals surface area contributed by atoms with E-state index in [0.29, 0.717) is 10.9 Å². The molecule has 0 aliphatic carbocycles. The summed E-state index contributed by atoms with van der Waals surface area (Å²) in [6.07, 6.45) is 1.05. The Hall–Kier alpha value is -1.05. The number of thioether (sulfide) groups is 1. The minimum Gasteiger partial charge on any atom is -0.335 e. The molecule has 1 aromatic carbocycles. The van der Waals surface area contributed by atoms with Gasteiger partial charge in [-0.15, -0.1) is 0 Å². The van der Waals surface area contributed by atoms with Gasteiger partial charge in [0.15, 0.2) is 5.17 Å². The summed E-state index contributed by atoms with van der Waals surface area (Å²) in [5.41, 5.74) is 0.680. The highest BCUT2D eigenvalue weighted by molar-refractivity contribution is 8.14. The van der Waals surface area contributed by atoms with E-state index in [2.05, 4.69) is 24.2 Å². The number of nitrogens with one attached hydrogen (secondary N) is 1. The molecule has 0 spiro atoms. The van der Waals surface area contributed by atoms with Gasteiger partial charge in [-0.2, -0.15) is 0 Å². The Morgan fingerprint density at radius 3 is 2.79 bits per heavy atom. The summed E-state index contributed by atoms with van der Waals surface area (Å²) >= 11 is 1.66. The van der Waals surface area contributed by atoms with Gasteiger partial charge in [0.1, 0.15) is 0 Å². The second kappa shape index (κ2) is 5.52. The number of aliphatic imine (C=N–C) groups is 1. The van der Waals surface area contributed by atoms with Crippen molar-refractivity contribution in [1.82, 2.24) is 0 Å². The van der Waals surface area contributed by atoms with Crippen LogP contribution in [0.5, 0.6) is 0 Å². The number of anilines is 1. The van der Waals surface area contributed by atoms with Crippen LogP contribution in [0.1, 0.15) is 20.3 Å². The maximum absolute atomic E-state index is 11.3. The van der Waals surface area contributed by atoms with Crippen LogP contribution < -0.4 is 10.5 Å². The quantitative estimate of drug-likeness (QED) is 0.875. The van der Waals surface area contributed by atoms with Gasteiger partial charge in [-0.05, 0) is 31.5 Å². The van der Waals surface area contributed by atoms with E-state index in [0.717, 1.165) is 11.6 Å². The molecule has 2 atom stereocenters. The summed E-state index contributed by atoms with van der Waals surface area (Å²) in [5.74, 6) is 0. The van der Waals surface area contributed by atoms with Crippen LogP contribution in [0.3, 0.4) is 0 Å². The fourth-order valence-corrected chi connectivity index (χ4v) is 3.67. The SMILES string of the molecule is CC1CC(C)SC(Nc2cccc(S(N)(=O)=O)c2)=N1. The highest BCUT2D eigenvalue weighted by Crippen LogP contribution is 2.26. The Kier molecular flexibility index (Phi) is 4.17. The number of primary sulfonamides is 1. The second-order valence-corrected chi connectivity index (χ2v) is 7.63. The Morgan fingerprint density at radius 1 is 1.42 bits per heavy atom. The highest BCUT2D eigenvalue weighted by Gasteiger charge is 2.18. The summed E-state index contributed by atoms with van der Waals surface area (Å²) in [4.78, 5) is 4.60. The molecule has 0 saturated carbocycles. The number of rotatable bonds is 2. The first kappa shape index (κ1) is 14.4. The van der Waals surface area contributed by atoms with Gasteiger partial charge in [-0.3, -0.25) is 4.99 Å². The molecular weight excluding hydrogens is 282 g/mol. The van der Waals surface area contributed by atoms with E-state index in [1.165, 1.54) is 12.1 Å². The molecule has 1 aromatic rings. The van der Waals surface area contributed by atoms with Crippen LogP contribution in [0.25, 0.3) is 0 Å². The van der Waals surface area contributed by atoms with Gasteiger partial charge in [0.05, 0.1) is 10.9 Å². The molecule has 3 N–H and O–H groups in total. The molecule has 104 valence electrons. The van der Waals surface area contributed by atoms with Gasteiger partial charge in [-0.25, -0.2) is 13.6 Å². The van der Waals surface area contributed by atoms with E-state index < -0.39 is 10.0 Å². The van der Waals surface area contributed by atoms with E-state index >= 15 is 0 Å². The fraction of sp³-hybridized carbons (Fsp3) is 0.417. The Morgan fingerprint density at radius 2 is 2.16 bits per heavy atom. The first-order valence-electron chi connectivity index (χ1n) is 5.99. The van der Waals surface area contributed by atoms with E-state index in [1.807, 2.05) is 0 Å². The molecule has 0 fully saturated rings. The molecule has 0 bridgehead atoms. The molecular formula is C12H17N3O2S2. The third-order valence-corrected chi connectivity index (χ3v) is 4.67. The van der Waals surface area contributed by atoms with Crippen LogP contribution in [-0.2, 0) is 10.0 Å². The predicted octanol–water partition coefficient (Wildman–Crippen LogP) is 2.02.